The molecule has 0 saturated heterocycles. The Kier molecular flexibility index (Phi) is 4.39. The summed E-state index contributed by atoms with van der Waals surface area (Å²) in [6, 6.07) is 7.38. The van der Waals surface area contributed by atoms with Gasteiger partial charge in [0, 0.05) is 5.69 Å². The third-order valence-corrected chi connectivity index (χ3v) is 1.93. The minimum Gasteiger partial charge on any atom is -0.475 e. The number of carbonyl (C=O) groups is 1. The van der Waals surface area contributed by atoms with Crippen LogP contribution in [0.2, 0.25) is 0 Å². The largest absolute Gasteiger partial charge is 0.475 e. The molecule has 0 heterocycles. The Morgan fingerprint density at radius 3 is 2.62 bits per heavy atom. The van der Waals surface area contributed by atoms with Crippen LogP contribution < -0.4 is 11.1 Å². The summed E-state index contributed by atoms with van der Waals surface area (Å²) in [6.07, 6.45) is 0. The van der Waals surface area contributed by atoms with Crippen LogP contribution in [0.15, 0.2) is 36.7 Å². The van der Waals surface area contributed by atoms with Gasteiger partial charge in [-0.1, -0.05) is 12.1 Å². The Morgan fingerprint density at radius 2 is 2.06 bits per heavy atom. The first-order valence-corrected chi connectivity index (χ1v) is 4.97. The summed E-state index contributed by atoms with van der Waals surface area (Å²) in [5.41, 5.74) is 7.28. The van der Waals surface area contributed by atoms with Crippen LogP contribution in [0, 0.1) is 0 Å². The molecule has 0 atom stereocenters. The molecule has 4 heteroatoms. The molecule has 3 N–H and O–H groups in total. The molecule has 0 amide bonds. The second-order valence-corrected chi connectivity index (χ2v) is 3.51. The molecule has 0 aromatic heterocycles. The zero-order valence-corrected chi connectivity index (χ0v) is 9.32. The molecule has 0 aliphatic carbocycles. The fourth-order valence-corrected chi connectivity index (χ4v) is 1.06. The topological polar surface area (TPSA) is 64.3 Å². The molecule has 0 fully saturated rings. The Bertz CT molecular complexity index is 371. The number of nitrogens with two attached hydrogens (primary N) is 1. The summed E-state index contributed by atoms with van der Waals surface area (Å²) in [5.74, 6) is 0.434. The van der Waals surface area contributed by atoms with E-state index in [1.54, 1.807) is 0 Å². The van der Waals surface area contributed by atoms with E-state index in [1.807, 2.05) is 24.3 Å². The van der Waals surface area contributed by atoms with E-state index >= 15 is 0 Å². The highest BCUT2D eigenvalue weighted by atomic mass is 16.5. The van der Waals surface area contributed by atoms with Crippen molar-refractivity contribution in [3.63, 3.8) is 0 Å². The third kappa shape index (κ3) is 4.50. The Labute approximate surface area is 95.1 Å². The standard InChI is InChI=1S/C12H16N2O2/c1-9(15)7-14-10(2)16-8-11-3-5-12(13)6-4-11/h3-6,14H,2,7-8,13H2,1H3. The molecule has 0 unspecified atom stereocenters. The minimum atomic E-state index is 0.0391. The predicted molar refractivity (Wildman–Crippen MR) is 63.5 cm³/mol. The van der Waals surface area contributed by atoms with Crippen LogP contribution in [0.5, 0.6) is 0 Å². The Morgan fingerprint density at radius 1 is 1.44 bits per heavy atom. The van der Waals surface area contributed by atoms with Crippen LogP contribution in [0.3, 0.4) is 0 Å². The van der Waals surface area contributed by atoms with Crippen LogP contribution >= 0.6 is 0 Å². The fraction of sp³-hybridized carbons (Fsp3) is 0.250. The van der Waals surface area contributed by atoms with Gasteiger partial charge in [-0.2, -0.15) is 0 Å². The van der Waals surface area contributed by atoms with Crippen molar-refractivity contribution in [2.24, 2.45) is 0 Å². The lowest BCUT2D eigenvalue weighted by Gasteiger charge is -2.10. The molecular formula is C12H16N2O2. The molecule has 1 aromatic carbocycles. The van der Waals surface area contributed by atoms with Crippen molar-refractivity contribution in [2.45, 2.75) is 13.5 Å². The van der Waals surface area contributed by atoms with Gasteiger partial charge >= 0.3 is 0 Å². The highest BCUT2D eigenvalue weighted by molar-refractivity contribution is 5.77. The average Bonchev–Trinajstić information content (AvgIpc) is 2.25. The number of rotatable bonds is 6. The molecule has 1 rings (SSSR count). The summed E-state index contributed by atoms with van der Waals surface area (Å²) in [4.78, 5) is 10.7. The van der Waals surface area contributed by atoms with Crippen molar-refractivity contribution in [1.82, 2.24) is 5.32 Å². The first-order chi connectivity index (χ1) is 7.58. The van der Waals surface area contributed by atoms with E-state index in [0.29, 0.717) is 12.5 Å². The lowest BCUT2D eigenvalue weighted by molar-refractivity contribution is -0.116. The third-order valence-electron chi connectivity index (χ3n) is 1.93. The molecule has 0 aliphatic rings. The van der Waals surface area contributed by atoms with Crippen LogP contribution in [0.25, 0.3) is 0 Å². The molecule has 4 nitrogen and oxygen atoms in total. The number of hydrogen-bond acceptors (Lipinski definition) is 4. The van der Waals surface area contributed by atoms with Gasteiger partial charge in [-0.25, -0.2) is 0 Å². The number of ether oxygens (including phenoxy) is 1. The Hall–Kier alpha value is -1.97. The zero-order valence-electron chi connectivity index (χ0n) is 9.32. The van der Waals surface area contributed by atoms with E-state index in [-0.39, 0.29) is 12.3 Å². The molecular weight excluding hydrogens is 204 g/mol. The zero-order chi connectivity index (χ0) is 12.0. The van der Waals surface area contributed by atoms with E-state index in [0.717, 1.165) is 11.3 Å². The molecule has 16 heavy (non-hydrogen) atoms. The van der Waals surface area contributed by atoms with Gasteiger partial charge in [0.25, 0.3) is 0 Å². The number of benzene rings is 1. The van der Waals surface area contributed by atoms with Gasteiger partial charge in [-0.15, -0.1) is 0 Å². The van der Waals surface area contributed by atoms with Crippen molar-refractivity contribution in [2.75, 3.05) is 12.3 Å². The fourth-order valence-electron chi connectivity index (χ4n) is 1.06. The highest BCUT2D eigenvalue weighted by Crippen LogP contribution is 2.07. The van der Waals surface area contributed by atoms with Crippen LogP contribution in [-0.2, 0) is 16.1 Å². The summed E-state index contributed by atoms with van der Waals surface area (Å²) in [5, 5.41) is 2.77. The molecule has 0 bridgehead atoms. The van der Waals surface area contributed by atoms with Crippen molar-refractivity contribution in [3.8, 4) is 0 Å². The maximum Gasteiger partial charge on any atom is 0.179 e. The predicted octanol–water partition coefficient (Wildman–Crippen LogP) is 1.44. The summed E-state index contributed by atoms with van der Waals surface area (Å²) in [6.45, 7) is 5.79. The van der Waals surface area contributed by atoms with Crippen molar-refractivity contribution < 1.29 is 9.53 Å². The van der Waals surface area contributed by atoms with Gasteiger partial charge in [-0.05, 0) is 31.2 Å². The van der Waals surface area contributed by atoms with Crippen molar-refractivity contribution in [3.05, 3.63) is 42.3 Å². The van der Waals surface area contributed by atoms with Crippen molar-refractivity contribution in [1.29, 1.82) is 0 Å². The van der Waals surface area contributed by atoms with Gasteiger partial charge in [0.15, 0.2) is 5.88 Å². The molecule has 86 valence electrons. The van der Waals surface area contributed by atoms with Crippen LogP contribution in [-0.4, -0.2) is 12.3 Å². The number of anilines is 1. The first kappa shape index (κ1) is 12.1. The van der Waals surface area contributed by atoms with Gasteiger partial charge in [0.2, 0.25) is 0 Å². The lowest BCUT2D eigenvalue weighted by Crippen LogP contribution is -2.21. The number of nitrogen functional groups attached to an aromatic ring is 1. The molecule has 0 radical (unpaired) electrons. The maximum atomic E-state index is 10.7. The molecule has 1 aromatic rings. The summed E-state index contributed by atoms with van der Waals surface area (Å²) < 4.78 is 5.32. The number of hydrogen-bond donors (Lipinski definition) is 2. The molecule has 0 saturated carbocycles. The second kappa shape index (κ2) is 5.80. The number of nitrogens with one attached hydrogen (secondary N) is 1. The van der Waals surface area contributed by atoms with Crippen LogP contribution in [0.4, 0.5) is 5.69 Å². The van der Waals surface area contributed by atoms with Gasteiger partial charge < -0.3 is 15.8 Å². The van der Waals surface area contributed by atoms with E-state index < -0.39 is 0 Å². The molecule has 0 spiro atoms. The van der Waals surface area contributed by atoms with E-state index in [2.05, 4.69) is 11.9 Å². The van der Waals surface area contributed by atoms with Gasteiger partial charge in [-0.3, -0.25) is 4.79 Å². The lowest BCUT2D eigenvalue weighted by atomic mass is 10.2. The quantitative estimate of drug-likeness (QED) is 0.562. The Balaban J connectivity index is 2.31. The normalized spacial score (nSPS) is 9.56. The van der Waals surface area contributed by atoms with Gasteiger partial charge in [0.1, 0.15) is 12.4 Å². The maximum absolute atomic E-state index is 10.7. The SMILES string of the molecule is C=C(NCC(C)=O)OCc1ccc(N)cc1. The van der Waals surface area contributed by atoms with Crippen molar-refractivity contribution >= 4 is 11.5 Å². The van der Waals surface area contributed by atoms with E-state index in [9.17, 15) is 4.79 Å². The minimum absolute atomic E-state index is 0.0391. The summed E-state index contributed by atoms with van der Waals surface area (Å²) in [7, 11) is 0. The number of carbonyl (C=O) groups excluding carboxylic acids is 1. The van der Waals surface area contributed by atoms with Gasteiger partial charge in [0.05, 0.1) is 6.54 Å². The van der Waals surface area contributed by atoms with E-state index in [1.165, 1.54) is 6.92 Å². The molecule has 0 aliphatic heterocycles. The first-order valence-electron chi connectivity index (χ1n) is 4.97. The average molecular weight is 220 g/mol. The van der Waals surface area contributed by atoms with Crippen LogP contribution in [0.1, 0.15) is 12.5 Å². The second-order valence-electron chi connectivity index (χ2n) is 3.51. The highest BCUT2D eigenvalue weighted by Gasteiger charge is 1.98. The monoisotopic (exact) mass is 220 g/mol. The smallest absolute Gasteiger partial charge is 0.179 e. The number of Topliss-reactive ketones (excluding diaryl/α,β-unsaturated/α-hetero) is 1. The summed E-state index contributed by atoms with van der Waals surface area (Å²) >= 11 is 0. The van der Waals surface area contributed by atoms with E-state index in [4.69, 9.17) is 10.5 Å². The number of ketones is 1.